The van der Waals surface area contributed by atoms with Gasteiger partial charge in [-0.05, 0) is 38.0 Å². The molecule has 1 saturated heterocycles. The van der Waals surface area contributed by atoms with Crippen molar-refractivity contribution in [2.45, 2.75) is 38.0 Å². The third kappa shape index (κ3) is 2.18. The monoisotopic (exact) mass is 269 g/mol. The van der Waals surface area contributed by atoms with Crippen molar-refractivity contribution in [1.82, 2.24) is 4.90 Å². The molecule has 1 fully saturated rings. The summed E-state index contributed by atoms with van der Waals surface area (Å²) in [5.74, 6) is 0. The fourth-order valence-electron chi connectivity index (χ4n) is 2.60. The van der Waals surface area contributed by atoms with E-state index in [0.29, 0.717) is 17.0 Å². The molecule has 1 aliphatic heterocycles. The lowest BCUT2D eigenvalue weighted by molar-refractivity contribution is -0.0852. The Morgan fingerprint density at radius 2 is 2.22 bits per heavy atom. The highest BCUT2D eigenvalue weighted by molar-refractivity contribution is 6.30. The number of hydrogen-bond acceptors (Lipinski definition) is 2. The van der Waals surface area contributed by atoms with Gasteiger partial charge in [0.05, 0.1) is 12.1 Å². The molecule has 2 N–H and O–H groups in total. The number of likely N-dealkylation sites (tertiary alicyclic amines) is 1. The molecule has 0 spiro atoms. The van der Waals surface area contributed by atoms with Crippen molar-refractivity contribution in [1.29, 1.82) is 0 Å². The Morgan fingerprint density at radius 1 is 1.56 bits per heavy atom. The minimum absolute atomic E-state index is 0.407. The first-order chi connectivity index (χ1) is 8.33. The van der Waals surface area contributed by atoms with Gasteiger partial charge in [-0.15, -0.1) is 0 Å². The number of nitrogens with zero attached hydrogens (tertiary/aromatic N) is 1. The zero-order chi connectivity index (χ0) is 13.5. The van der Waals surface area contributed by atoms with Gasteiger partial charge in [0, 0.05) is 10.6 Å². The van der Waals surface area contributed by atoms with Crippen molar-refractivity contribution >= 4 is 17.7 Å². The summed E-state index contributed by atoms with van der Waals surface area (Å²) >= 11 is 5.87. The quantitative estimate of drug-likeness (QED) is 0.868. The molecule has 0 unspecified atom stereocenters. The van der Waals surface area contributed by atoms with Crippen molar-refractivity contribution in [2.75, 3.05) is 0 Å². The van der Waals surface area contributed by atoms with Crippen LogP contribution in [-0.4, -0.2) is 32.8 Å². The average Bonchev–Trinajstić information content (AvgIpc) is 2.24. The van der Waals surface area contributed by atoms with Crippen LogP contribution in [-0.2, 0) is 0 Å². The normalized spacial score (nSPS) is 23.3. The molecule has 0 aliphatic carbocycles. The predicted octanol–water partition coefficient (Wildman–Crippen LogP) is 2.90. The van der Waals surface area contributed by atoms with Gasteiger partial charge in [0.1, 0.15) is 0 Å². The van der Waals surface area contributed by atoms with Crippen molar-refractivity contribution in [3.8, 4) is 0 Å². The maximum Gasteiger partial charge on any atom is 0.408 e. The highest BCUT2D eigenvalue weighted by Gasteiger charge is 2.51. The lowest BCUT2D eigenvalue weighted by Gasteiger charge is -2.54. The zero-order valence-corrected chi connectivity index (χ0v) is 11.1. The second-order valence-corrected chi connectivity index (χ2v) is 5.67. The SMILES string of the molecule is CC1(C)C[C@H]([C@H](O)c2cccc(Cl)c2)N1C(=O)O. The van der Waals surface area contributed by atoms with Gasteiger partial charge in [-0.25, -0.2) is 4.79 Å². The van der Waals surface area contributed by atoms with E-state index in [1.165, 1.54) is 4.90 Å². The standard InChI is InChI=1S/C13H16ClNO3/c1-13(2)7-10(15(13)12(17)18)11(16)8-4-3-5-9(14)6-8/h3-6,10-11,16H,7H2,1-2H3,(H,17,18)/t10-,11-/m1/s1. The molecule has 0 saturated carbocycles. The van der Waals surface area contributed by atoms with Crippen LogP contribution in [0.1, 0.15) is 31.9 Å². The van der Waals surface area contributed by atoms with E-state index in [0.717, 1.165) is 0 Å². The molecule has 1 aliphatic rings. The van der Waals surface area contributed by atoms with E-state index in [-0.39, 0.29) is 0 Å². The Bertz CT molecular complexity index is 475. The third-order valence-electron chi connectivity index (χ3n) is 3.45. The van der Waals surface area contributed by atoms with E-state index in [1.54, 1.807) is 24.3 Å². The topological polar surface area (TPSA) is 60.8 Å². The van der Waals surface area contributed by atoms with Crippen LogP contribution in [0.2, 0.25) is 5.02 Å². The van der Waals surface area contributed by atoms with Crippen LogP contribution in [0, 0.1) is 0 Å². The molecule has 0 aromatic heterocycles. The Labute approximate surface area is 111 Å². The molecule has 1 amide bonds. The number of amides is 1. The van der Waals surface area contributed by atoms with Gasteiger partial charge in [-0.1, -0.05) is 23.7 Å². The zero-order valence-electron chi connectivity index (χ0n) is 10.3. The molecule has 5 heteroatoms. The lowest BCUT2D eigenvalue weighted by Crippen LogP contribution is -2.66. The summed E-state index contributed by atoms with van der Waals surface area (Å²) < 4.78 is 0. The second kappa shape index (κ2) is 4.44. The van der Waals surface area contributed by atoms with Crippen LogP contribution in [0.4, 0.5) is 4.79 Å². The van der Waals surface area contributed by atoms with Crippen molar-refractivity contribution in [3.63, 3.8) is 0 Å². The van der Waals surface area contributed by atoms with Gasteiger partial charge < -0.3 is 10.2 Å². The van der Waals surface area contributed by atoms with Crippen molar-refractivity contribution in [2.24, 2.45) is 0 Å². The van der Waals surface area contributed by atoms with E-state index < -0.39 is 23.8 Å². The summed E-state index contributed by atoms with van der Waals surface area (Å²) in [6, 6.07) is 6.48. The number of rotatable bonds is 2. The number of aliphatic hydroxyl groups is 1. The van der Waals surface area contributed by atoms with Crippen LogP contribution >= 0.6 is 11.6 Å². The molecule has 18 heavy (non-hydrogen) atoms. The molecule has 2 atom stereocenters. The number of hydrogen-bond donors (Lipinski definition) is 2. The van der Waals surface area contributed by atoms with Gasteiger partial charge in [0.25, 0.3) is 0 Å². The molecule has 98 valence electrons. The maximum atomic E-state index is 11.2. The van der Waals surface area contributed by atoms with Gasteiger partial charge in [0.15, 0.2) is 0 Å². The lowest BCUT2D eigenvalue weighted by atomic mass is 9.78. The van der Waals surface area contributed by atoms with E-state index in [1.807, 2.05) is 13.8 Å². The highest BCUT2D eigenvalue weighted by Crippen LogP contribution is 2.42. The number of benzene rings is 1. The van der Waals surface area contributed by atoms with Crippen molar-refractivity contribution in [3.05, 3.63) is 34.9 Å². The maximum absolute atomic E-state index is 11.2. The minimum Gasteiger partial charge on any atom is -0.465 e. The van der Waals surface area contributed by atoms with Crippen LogP contribution in [0.3, 0.4) is 0 Å². The predicted molar refractivity (Wildman–Crippen MR) is 68.8 cm³/mol. The Morgan fingerprint density at radius 3 is 2.72 bits per heavy atom. The number of carbonyl (C=O) groups is 1. The first-order valence-corrected chi connectivity index (χ1v) is 6.16. The molecule has 1 aromatic carbocycles. The smallest absolute Gasteiger partial charge is 0.408 e. The van der Waals surface area contributed by atoms with Crippen LogP contribution in [0.25, 0.3) is 0 Å². The fourth-order valence-corrected chi connectivity index (χ4v) is 2.80. The van der Waals surface area contributed by atoms with Crippen LogP contribution in [0.5, 0.6) is 0 Å². The summed E-state index contributed by atoms with van der Waals surface area (Å²) in [6.45, 7) is 3.70. The summed E-state index contributed by atoms with van der Waals surface area (Å²) in [5.41, 5.74) is 0.227. The number of aliphatic hydroxyl groups excluding tert-OH is 1. The average molecular weight is 270 g/mol. The number of halogens is 1. The molecule has 1 aromatic rings. The second-order valence-electron chi connectivity index (χ2n) is 5.24. The Hall–Kier alpha value is -1.26. The van der Waals surface area contributed by atoms with E-state index >= 15 is 0 Å². The van der Waals surface area contributed by atoms with Crippen LogP contribution in [0.15, 0.2) is 24.3 Å². The van der Waals surface area contributed by atoms with Crippen LogP contribution < -0.4 is 0 Å². The molecule has 0 radical (unpaired) electrons. The van der Waals surface area contributed by atoms with E-state index in [9.17, 15) is 15.0 Å². The third-order valence-corrected chi connectivity index (χ3v) is 3.69. The minimum atomic E-state index is -1.00. The summed E-state index contributed by atoms with van der Waals surface area (Å²) in [5, 5.41) is 20.0. The molecule has 4 nitrogen and oxygen atoms in total. The van der Waals surface area contributed by atoms with E-state index in [2.05, 4.69) is 0 Å². The summed E-state index contributed by atoms with van der Waals surface area (Å²) in [4.78, 5) is 12.5. The van der Waals surface area contributed by atoms with Gasteiger partial charge >= 0.3 is 6.09 Å². The van der Waals surface area contributed by atoms with Gasteiger partial charge in [0.2, 0.25) is 0 Å². The van der Waals surface area contributed by atoms with Gasteiger partial charge in [-0.2, -0.15) is 0 Å². The highest BCUT2D eigenvalue weighted by atomic mass is 35.5. The van der Waals surface area contributed by atoms with E-state index in [4.69, 9.17) is 11.6 Å². The first-order valence-electron chi connectivity index (χ1n) is 5.79. The molecule has 0 bridgehead atoms. The van der Waals surface area contributed by atoms with Gasteiger partial charge in [-0.3, -0.25) is 4.90 Å². The van der Waals surface area contributed by atoms with Crippen molar-refractivity contribution < 1.29 is 15.0 Å². The molecular weight excluding hydrogens is 254 g/mol. The Kier molecular flexibility index (Phi) is 3.25. The molecule has 2 rings (SSSR count). The molecular formula is C13H16ClNO3. The fraction of sp³-hybridized carbons (Fsp3) is 0.462. The summed E-state index contributed by atoms with van der Waals surface area (Å²) in [7, 11) is 0. The molecule has 1 heterocycles. The first kappa shape index (κ1) is 13.2. The summed E-state index contributed by atoms with van der Waals surface area (Å²) in [6.07, 6.45) is -1.21. The Balaban J connectivity index is 2.20. The number of carboxylic acid groups (broad SMARTS) is 1. The largest absolute Gasteiger partial charge is 0.465 e.